The van der Waals surface area contributed by atoms with Gasteiger partial charge in [0.15, 0.2) is 0 Å². The molecule has 0 saturated carbocycles. The number of aliphatic hydroxyl groups excluding tert-OH is 1. The number of carbonyl (C=O) groups excluding carboxylic acids is 2. The van der Waals surface area contributed by atoms with Crippen LogP contribution in [-0.4, -0.2) is 63.0 Å². The molecule has 1 atom stereocenters. The molecule has 1 aliphatic heterocycles. The van der Waals surface area contributed by atoms with Gasteiger partial charge in [-0.05, 0) is 51.7 Å². The number of ether oxygens (including phenoxy) is 1. The Morgan fingerprint density at radius 2 is 2.03 bits per heavy atom. The molecule has 2 heterocycles. The molecule has 162 valence electrons. The summed E-state index contributed by atoms with van der Waals surface area (Å²) in [5.74, 6) is -2.29. The molecule has 1 aromatic heterocycles. The normalized spacial score (nSPS) is 20.0. The van der Waals surface area contributed by atoms with Crippen LogP contribution >= 0.6 is 0 Å². The number of aromatic nitrogens is 2. The largest absolute Gasteiger partial charge is 0.492 e. The number of hydroxylamine groups is 2. The molecule has 11 heteroatoms. The van der Waals surface area contributed by atoms with Crippen LogP contribution in [0.1, 0.15) is 39.3 Å². The minimum absolute atomic E-state index is 0.000616. The monoisotopic (exact) mass is 419 g/mol. The second-order valence-corrected chi connectivity index (χ2v) is 7.59. The summed E-state index contributed by atoms with van der Waals surface area (Å²) in [6.07, 6.45) is -2.35. The van der Waals surface area contributed by atoms with Crippen molar-refractivity contribution >= 4 is 12.1 Å². The van der Waals surface area contributed by atoms with Crippen LogP contribution in [0.3, 0.4) is 0 Å². The maximum Gasteiger partial charge on any atom is 0.492 e. The fourth-order valence-corrected chi connectivity index (χ4v) is 2.60. The second kappa shape index (κ2) is 8.95. The highest BCUT2D eigenvalue weighted by atomic mass is 19.4. The highest BCUT2D eigenvalue weighted by molar-refractivity contribution is 5.75. The van der Waals surface area contributed by atoms with Crippen molar-refractivity contribution < 1.29 is 37.4 Å². The second-order valence-electron chi connectivity index (χ2n) is 7.59. The molecule has 0 spiro atoms. The summed E-state index contributed by atoms with van der Waals surface area (Å²) in [4.78, 5) is 27.2. The Hall–Kier alpha value is -2.40. The average molecular weight is 419 g/mol. The van der Waals surface area contributed by atoms with Crippen molar-refractivity contribution in [3.8, 4) is 0 Å². The van der Waals surface area contributed by atoms with E-state index in [4.69, 9.17) is 4.74 Å². The van der Waals surface area contributed by atoms with Crippen molar-refractivity contribution in [2.24, 2.45) is 0 Å². The van der Waals surface area contributed by atoms with Crippen molar-refractivity contribution in [3.05, 3.63) is 29.6 Å². The smallest absolute Gasteiger partial charge is 0.442 e. The first-order chi connectivity index (χ1) is 13.3. The summed E-state index contributed by atoms with van der Waals surface area (Å²) in [6.45, 7) is 5.11. The maximum atomic E-state index is 12.3. The highest BCUT2D eigenvalue weighted by Crippen LogP contribution is 2.22. The van der Waals surface area contributed by atoms with Gasteiger partial charge < -0.3 is 14.7 Å². The van der Waals surface area contributed by atoms with Crippen molar-refractivity contribution in [2.75, 3.05) is 13.1 Å². The number of nitrogens with zero attached hydrogens (tertiary/aromatic N) is 3. The van der Waals surface area contributed by atoms with E-state index in [0.29, 0.717) is 24.1 Å². The lowest BCUT2D eigenvalue weighted by molar-refractivity contribution is -0.240. The third-order valence-corrected chi connectivity index (χ3v) is 3.91. The zero-order valence-corrected chi connectivity index (χ0v) is 16.4. The highest BCUT2D eigenvalue weighted by Gasteiger charge is 2.43. The number of hydrogen-bond acceptors (Lipinski definition) is 7. The molecule has 0 bridgehead atoms. The number of alkyl halides is 3. The van der Waals surface area contributed by atoms with Gasteiger partial charge in [-0.2, -0.15) is 23.0 Å². The number of hydrogen-bond donors (Lipinski definition) is 1. The van der Waals surface area contributed by atoms with Gasteiger partial charge in [0.05, 0.1) is 18.3 Å². The minimum atomic E-state index is -5.08. The molecule has 0 radical (unpaired) electrons. The van der Waals surface area contributed by atoms with E-state index in [9.17, 15) is 27.9 Å². The van der Waals surface area contributed by atoms with Gasteiger partial charge >= 0.3 is 18.2 Å². The lowest BCUT2D eigenvalue weighted by Gasteiger charge is -2.30. The standard InChI is InChI=1S/C18H24F3N3O5/c1-17(2,3)28-16(27)24-10-7-13(22-24)6-4-5-12-11-23(9-8-14(12)25)29-15(26)18(19,20)21/h5,7,10,14,25H,4,6,8-9,11H2,1-3H3/b12-5+. The van der Waals surface area contributed by atoms with Crippen LogP contribution in [0.4, 0.5) is 18.0 Å². The van der Waals surface area contributed by atoms with Crippen molar-refractivity contribution in [1.82, 2.24) is 14.8 Å². The van der Waals surface area contributed by atoms with Crippen molar-refractivity contribution in [3.63, 3.8) is 0 Å². The molecule has 8 nitrogen and oxygen atoms in total. The molecule has 0 aliphatic carbocycles. The van der Waals surface area contributed by atoms with Crippen molar-refractivity contribution in [1.29, 1.82) is 0 Å². The minimum Gasteiger partial charge on any atom is -0.442 e. The van der Waals surface area contributed by atoms with E-state index in [2.05, 4.69) is 9.94 Å². The molecule has 1 saturated heterocycles. The van der Waals surface area contributed by atoms with Crippen molar-refractivity contribution in [2.45, 2.75) is 57.9 Å². The van der Waals surface area contributed by atoms with Crippen LogP contribution in [0.2, 0.25) is 0 Å². The maximum absolute atomic E-state index is 12.3. The zero-order chi connectivity index (χ0) is 21.8. The zero-order valence-electron chi connectivity index (χ0n) is 16.4. The molecule has 1 fully saturated rings. The third-order valence-electron chi connectivity index (χ3n) is 3.91. The molecule has 1 unspecified atom stereocenters. The first kappa shape index (κ1) is 22.9. The van der Waals surface area contributed by atoms with E-state index in [1.54, 1.807) is 32.9 Å². The van der Waals surface area contributed by atoms with Gasteiger partial charge in [-0.1, -0.05) is 6.08 Å². The Balaban J connectivity index is 1.90. The van der Waals surface area contributed by atoms with E-state index in [1.165, 1.54) is 6.20 Å². The molecule has 0 aromatic carbocycles. The molecule has 1 aliphatic rings. The van der Waals surface area contributed by atoms with Gasteiger partial charge in [0.25, 0.3) is 0 Å². The van der Waals surface area contributed by atoms with E-state index in [0.717, 1.165) is 9.75 Å². The predicted molar refractivity (Wildman–Crippen MR) is 94.6 cm³/mol. The Morgan fingerprint density at radius 3 is 2.66 bits per heavy atom. The summed E-state index contributed by atoms with van der Waals surface area (Å²) in [6, 6.07) is 1.65. The van der Waals surface area contributed by atoms with Crippen LogP contribution < -0.4 is 0 Å². The molecule has 1 aromatic rings. The summed E-state index contributed by atoms with van der Waals surface area (Å²) in [5.41, 5.74) is 0.419. The van der Waals surface area contributed by atoms with Crippen LogP contribution in [0.25, 0.3) is 0 Å². The number of allylic oxidation sites excluding steroid dienone is 1. The molecular formula is C18H24F3N3O5. The van der Waals surface area contributed by atoms with Crippen LogP contribution in [-0.2, 0) is 20.8 Å². The number of aryl methyl sites for hydroxylation is 1. The molecular weight excluding hydrogens is 395 g/mol. The number of rotatable bonds is 4. The van der Waals surface area contributed by atoms with Crippen LogP contribution in [0.5, 0.6) is 0 Å². The Kier molecular flexibility index (Phi) is 7.06. The lowest BCUT2D eigenvalue weighted by atomic mass is 10.0. The lowest BCUT2D eigenvalue weighted by Crippen LogP contribution is -2.42. The first-order valence-electron chi connectivity index (χ1n) is 9.04. The summed E-state index contributed by atoms with van der Waals surface area (Å²) in [7, 11) is 0. The average Bonchev–Trinajstić information content (AvgIpc) is 3.04. The van der Waals surface area contributed by atoms with E-state index >= 15 is 0 Å². The summed E-state index contributed by atoms with van der Waals surface area (Å²) < 4.78 is 43.2. The third kappa shape index (κ3) is 7.17. The van der Waals surface area contributed by atoms with E-state index < -0.39 is 29.9 Å². The fourth-order valence-electron chi connectivity index (χ4n) is 2.60. The SMILES string of the molecule is CC(C)(C)OC(=O)n1ccc(CC/C=C2\CN(OC(=O)C(F)(F)F)CCC2O)n1. The van der Waals surface area contributed by atoms with Gasteiger partial charge in [0.1, 0.15) is 5.60 Å². The summed E-state index contributed by atoms with van der Waals surface area (Å²) in [5, 5.41) is 15.0. The Morgan fingerprint density at radius 1 is 1.34 bits per heavy atom. The fraction of sp³-hybridized carbons (Fsp3) is 0.611. The number of aliphatic hydroxyl groups is 1. The Labute approximate surface area is 165 Å². The molecule has 0 amide bonds. The molecule has 1 N–H and O–H groups in total. The summed E-state index contributed by atoms with van der Waals surface area (Å²) >= 11 is 0. The number of carbonyl (C=O) groups is 2. The van der Waals surface area contributed by atoms with E-state index in [1.807, 2.05) is 0 Å². The predicted octanol–water partition coefficient (Wildman–Crippen LogP) is 2.61. The van der Waals surface area contributed by atoms with Crippen LogP contribution in [0, 0.1) is 0 Å². The van der Waals surface area contributed by atoms with Gasteiger partial charge in [-0.3, -0.25) is 0 Å². The number of halogens is 3. The van der Waals surface area contributed by atoms with E-state index in [-0.39, 0.29) is 19.5 Å². The Bertz CT molecular complexity index is 768. The quantitative estimate of drug-likeness (QED) is 0.750. The van der Waals surface area contributed by atoms with Gasteiger partial charge in [-0.15, -0.1) is 5.06 Å². The van der Waals surface area contributed by atoms with Gasteiger partial charge in [-0.25, -0.2) is 9.59 Å². The molecule has 29 heavy (non-hydrogen) atoms. The number of piperidine rings is 1. The van der Waals surface area contributed by atoms with Gasteiger partial charge in [0, 0.05) is 12.7 Å². The van der Waals surface area contributed by atoms with Gasteiger partial charge in [0.2, 0.25) is 0 Å². The topological polar surface area (TPSA) is 93.9 Å². The van der Waals surface area contributed by atoms with Crippen LogP contribution in [0.15, 0.2) is 23.9 Å². The molecule has 2 rings (SSSR count). The first-order valence-corrected chi connectivity index (χ1v) is 9.04.